The topological polar surface area (TPSA) is 95.8 Å². The van der Waals surface area contributed by atoms with E-state index in [-0.39, 0.29) is 16.3 Å². The van der Waals surface area contributed by atoms with Crippen LogP contribution in [0.15, 0.2) is 21.7 Å². The van der Waals surface area contributed by atoms with Crippen LogP contribution in [0.4, 0.5) is 5.69 Å². The Hall–Kier alpha value is -2.07. The smallest absolute Gasteiger partial charge is 0.237 e. The van der Waals surface area contributed by atoms with Crippen molar-refractivity contribution in [3.05, 3.63) is 27.2 Å². The Balaban J connectivity index is 3.18. The monoisotopic (exact) mass is 307 g/mol. The van der Waals surface area contributed by atoms with Crippen molar-refractivity contribution in [3.8, 4) is 18.2 Å². The number of rotatable bonds is 2. The quantitative estimate of drug-likeness (QED) is 0.671. The molecule has 1 aromatic rings. The fourth-order valence-electron chi connectivity index (χ4n) is 0.928. The first-order valence-electron chi connectivity index (χ1n) is 4.16. The van der Waals surface area contributed by atoms with Gasteiger partial charge in [-0.15, -0.1) is 0 Å². The van der Waals surface area contributed by atoms with Crippen molar-refractivity contribution in [2.75, 3.05) is 5.43 Å². The number of nitrogens with zero attached hydrogens (tertiary/aromatic N) is 4. The number of hydrazone groups is 1. The van der Waals surface area contributed by atoms with Crippen LogP contribution in [0.1, 0.15) is 5.56 Å². The first kappa shape index (κ1) is 13.0. The Morgan fingerprint density at radius 2 is 1.94 bits per heavy atom. The zero-order chi connectivity index (χ0) is 12.8. The van der Waals surface area contributed by atoms with Crippen molar-refractivity contribution in [3.63, 3.8) is 0 Å². The molecule has 0 aliphatic carbocycles. The van der Waals surface area contributed by atoms with Gasteiger partial charge in [0.25, 0.3) is 0 Å². The van der Waals surface area contributed by atoms with E-state index in [1.807, 2.05) is 6.07 Å². The Morgan fingerprint density at radius 3 is 2.47 bits per heavy atom. The lowest BCUT2D eigenvalue weighted by Crippen LogP contribution is -1.98. The van der Waals surface area contributed by atoms with Gasteiger partial charge in [0.2, 0.25) is 5.71 Å². The van der Waals surface area contributed by atoms with Gasteiger partial charge in [-0.2, -0.15) is 20.9 Å². The van der Waals surface area contributed by atoms with Gasteiger partial charge in [0, 0.05) is 4.47 Å². The Kier molecular flexibility index (Phi) is 4.48. The van der Waals surface area contributed by atoms with Crippen LogP contribution in [0.25, 0.3) is 0 Å². The molecule has 1 N–H and O–H groups in total. The molecule has 0 unspecified atom stereocenters. The highest BCUT2D eigenvalue weighted by Crippen LogP contribution is 2.33. The highest BCUT2D eigenvalue weighted by atomic mass is 79.9. The third kappa shape index (κ3) is 2.95. The number of hydrogen-bond acceptors (Lipinski definition) is 5. The van der Waals surface area contributed by atoms with Gasteiger partial charge < -0.3 is 0 Å². The van der Waals surface area contributed by atoms with Gasteiger partial charge in [0.15, 0.2) is 0 Å². The first-order chi connectivity index (χ1) is 8.13. The summed E-state index contributed by atoms with van der Waals surface area (Å²) in [5.41, 5.74) is 2.73. The maximum absolute atomic E-state index is 8.79. The van der Waals surface area contributed by atoms with Crippen LogP contribution < -0.4 is 5.43 Å². The summed E-state index contributed by atoms with van der Waals surface area (Å²) >= 11 is 9.15. The van der Waals surface area contributed by atoms with Crippen LogP contribution in [0.2, 0.25) is 5.02 Å². The van der Waals surface area contributed by atoms with E-state index >= 15 is 0 Å². The molecule has 0 heterocycles. The SMILES string of the molecule is N#CC(C#N)=NNc1c(Br)ccc(C#N)c1Cl. The van der Waals surface area contributed by atoms with E-state index in [1.54, 1.807) is 18.2 Å². The van der Waals surface area contributed by atoms with Crippen LogP contribution in [-0.2, 0) is 0 Å². The highest BCUT2D eigenvalue weighted by molar-refractivity contribution is 9.10. The van der Waals surface area contributed by atoms with Crippen LogP contribution in [0.5, 0.6) is 0 Å². The fourth-order valence-corrected chi connectivity index (χ4v) is 1.71. The van der Waals surface area contributed by atoms with E-state index in [9.17, 15) is 0 Å². The second-order valence-electron chi connectivity index (χ2n) is 2.69. The molecule has 0 saturated heterocycles. The van der Waals surface area contributed by atoms with E-state index in [0.29, 0.717) is 10.2 Å². The lowest BCUT2D eigenvalue weighted by molar-refractivity contribution is 1.32. The Bertz CT molecular complexity index is 587. The van der Waals surface area contributed by atoms with E-state index < -0.39 is 0 Å². The summed E-state index contributed by atoms with van der Waals surface area (Å²) in [6, 6.07) is 8.24. The predicted molar refractivity (Wildman–Crippen MR) is 66.2 cm³/mol. The molecule has 0 aliphatic heterocycles. The van der Waals surface area contributed by atoms with Crippen LogP contribution in [0, 0.1) is 34.0 Å². The number of hydrogen-bond donors (Lipinski definition) is 1. The summed E-state index contributed by atoms with van der Waals surface area (Å²) in [5.74, 6) is 0. The minimum atomic E-state index is -0.338. The average molecular weight is 309 g/mol. The number of nitrogens with one attached hydrogen (secondary N) is 1. The van der Waals surface area contributed by atoms with Gasteiger partial charge in [-0.1, -0.05) is 11.6 Å². The maximum Gasteiger partial charge on any atom is 0.237 e. The summed E-state index contributed by atoms with van der Waals surface area (Å²) in [7, 11) is 0. The zero-order valence-electron chi connectivity index (χ0n) is 8.20. The Morgan fingerprint density at radius 1 is 1.29 bits per heavy atom. The molecule has 82 valence electrons. The molecule has 0 bridgehead atoms. The fraction of sp³-hybridized carbons (Fsp3) is 0. The number of anilines is 1. The van der Waals surface area contributed by atoms with Gasteiger partial charge >= 0.3 is 0 Å². The second kappa shape index (κ2) is 5.86. The average Bonchev–Trinajstić information content (AvgIpc) is 2.34. The molecule has 0 amide bonds. The molecule has 1 rings (SSSR count). The highest BCUT2D eigenvalue weighted by Gasteiger charge is 2.09. The van der Waals surface area contributed by atoms with Gasteiger partial charge in [0.05, 0.1) is 16.3 Å². The normalized spacial score (nSPS) is 8.41. The molecule has 0 aliphatic rings. The van der Waals surface area contributed by atoms with Gasteiger partial charge in [-0.3, -0.25) is 5.43 Å². The maximum atomic E-state index is 8.79. The van der Waals surface area contributed by atoms with E-state index in [4.69, 9.17) is 27.4 Å². The lowest BCUT2D eigenvalue weighted by atomic mass is 10.2. The number of nitriles is 3. The molecular formula is C10H3BrClN5. The predicted octanol–water partition coefficient (Wildman–Crippen LogP) is 2.79. The molecule has 0 spiro atoms. The lowest BCUT2D eigenvalue weighted by Gasteiger charge is -2.06. The summed E-state index contributed by atoms with van der Waals surface area (Å²) in [6.07, 6.45) is 0. The second-order valence-corrected chi connectivity index (χ2v) is 3.92. The molecule has 5 nitrogen and oxygen atoms in total. The minimum Gasteiger partial charge on any atom is -0.274 e. The molecule has 1 aromatic carbocycles. The third-order valence-electron chi connectivity index (χ3n) is 1.70. The summed E-state index contributed by atoms with van der Waals surface area (Å²) in [5, 5.41) is 29.5. The van der Waals surface area contributed by atoms with Gasteiger partial charge in [0.1, 0.15) is 18.2 Å². The largest absolute Gasteiger partial charge is 0.274 e. The number of halogens is 2. The van der Waals surface area contributed by atoms with Gasteiger partial charge in [-0.05, 0) is 28.1 Å². The van der Waals surface area contributed by atoms with Crippen molar-refractivity contribution >= 4 is 38.9 Å². The Labute approximate surface area is 111 Å². The molecular weight excluding hydrogens is 306 g/mol. The van der Waals surface area contributed by atoms with Crippen molar-refractivity contribution in [1.29, 1.82) is 15.8 Å². The van der Waals surface area contributed by atoms with E-state index in [2.05, 4.69) is 26.5 Å². The van der Waals surface area contributed by atoms with Crippen molar-refractivity contribution in [2.24, 2.45) is 5.10 Å². The van der Waals surface area contributed by atoms with Crippen molar-refractivity contribution in [2.45, 2.75) is 0 Å². The first-order valence-corrected chi connectivity index (χ1v) is 5.33. The molecule has 0 aromatic heterocycles. The van der Waals surface area contributed by atoms with E-state index in [0.717, 1.165) is 0 Å². The minimum absolute atomic E-state index is 0.167. The molecule has 0 atom stereocenters. The van der Waals surface area contributed by atoms with Crippen molar-refractivity contribution < 1.29 is 0 Å². The van der Waals surface area contributed by atoms with E-state index in [1.165, 1.54) is 6.07 Å². The molecule has 0 saturated carbocycles. The summed E-state index contributed by atoms with van der Waals surface area (Å²) < 4.78 is 0.570. The molecule has 0 radical (unpaired) electrons. The molecule has 0 fully saturated rings. The van der Waals surface area contributed by atoms with Gasteiger partial charge in [-0.25, -0.2) is 0 Å². The van der Waals surface area contributed by atoms with Crippen LogP contribution in [-0.4, -0.2) is 5.71 Å². The summed E-state index contributed by atoms with van der Waals surface area (Å²) in [4.78, 5) is 0. The van der Waals surface area contributed by atoms with Crippen molar-refractivity contribution in [1.82, 2.24) is 0 Å². The third-order valence-corrected chi connectivity index (χ3v) is 2.76. The molecule has 17 heavy (non-hydrogen) atoms. The molecule has 7 heteroatoms. The van der Waals surface area contributed by atoms with Crippen LogP contribution >= 0.6 is 27.5 Å². The zero-order valence-corrected chi connectivity index (χ0v) is 10.5. The number of benzene rings is 1. The standard InChI is InChI=1S/C10H3BrClN5/c11-8-2-1-6(3-13)9(12)10(8)17-16-7(4-14)5-15/h1-2,17H. The van der Waals surface area contributed by atoms with Crippen LogP contribution in [0.3, 0.4) is 0 Å². The summed E-state index contributed by atoms with van der Waals surface area (Å²) in [6.45, 7) is 0.